The molecule has 2 rings (SSSR count). The minimum Gasteiger partial charge on any atom is -0.253 e. The van der Waals surface area contributed by atoms with Crippen LogP contribution in [0.25, 0.3) is 10.9 Å². The van der Waals surface area contributed by atoms with Crippen LogP contribution in [0, 0.1) is 27.7 Å². The summed E-state index contributed by atoms with van der Waals surface area (Å²) in [6.07, 6.45) is 0. The summed E-state index contributed by atoms with van der Waals surface area (Å²) in [5.74, 6) is 0. The Hall–Kier alpha value is -0.890. The molecule has 2 heteroatoms. The summed E-state index contributed by atoms with van der Waals surface area (Å²) in [4.78, 5) is 4.67. The summed E-state index contributed by atoms with van der Waals surface area (Å²) in [6, 6.07) is 4.20. The number of aromatic nitrogens is 1. The zero-order valence-corrected chi connectivity index (χ0v) is 11.1. The van der Waals surface area contributed by atoms with Crippen LogP contribution in [0.5, 0.6) is 0 Å². The van der Waals surface area contributed by atoms with Crippen LogP contribution in [0.3, 0.4) is 0 Å². The Balaban J connectivity index is 3.04. The molecule has 0 atom stereocenters. The average molecular weight is 264 g/mol. The van der Waals surface area contributed by atoms with E-state index < -0.39 is 0 Å². The Labute approximate surface area is 98.7 Å². The van der Waals surface area contributed by atoms with E-state index in [1.807, 2.05) is 0 Å². The van der Waals surface area contributed by atoms with E-state index in [1.54, 1.807) is 0 Å². The highest BCUT2D eigenvalue weighted by Gasteiger charge is 2.09. The maximum atomic E-state index is 4.67. The normalized spacial score (nSPS) is 11.0. The highest BCUT2D eigenvalue weighted by atomic mass is 79.9. The smallest absolute Gasteiger partial charge is 0.0748 e. The number of pyridine rings is 1. The van der Waals surface area contributed by atoms with Crippen molar-refractivity contribution in [2.45, 2.75) is 27.7 Å². The van der Waals surface area contributed by atoms with E-state index in [-0.39, 0.29) is 0 Å². The van der Waals surface area contributed by atoms with E-state index in [1.165, 1.54) is 22.1 Å². The van der Waals surface area contributed by atoms with Crippen molar-refractivity contribution in [1.82, 2.24) is 4.98 Å². The first-order valence-corrected chi connectivity index (χ1v) is 5.84. The minimum atomic E-state index is 1.12. The second-order valence-corrected chi connectivity index (χ2v) is 4.89. The zero-order valence-electron chi connectivity index (χ0n) is 9.48. The molecule has 0 N–H and O–H groups in total. The van der Waals surface area contributed by atoms with E-state index in [0.717, 1.165) is 15.7 Å². The van der Waals surface area contributed by atoms with E-state index >= 15 is 0 Å². The number of halogens is 1. The Morgan fingerprint density at radius 1 is 1.00 bits per heavy atom. The zero-order chi connectivity index (χ0) is 11.2. The Bertz CT molecular complexity index is 544. The molecule has 1 heterocycles. The molecule has 1 nitrogen and oxygen atoms in total. The molecule has 2 aromatic rings. The van der Waals surface area contributed by atoms with Crippen LogP contribution < -0.4 is 0 Å². The average Bonchev–Trinajstić information content (AvgIpc) is 2.20. The van der Waals surface area contributed by atoms with Crippen LogP contribution in [-0.2, 0) is 0 Å². The predicted octanol–water partition coefficient (Wildman–Crippen LogP) is 4.23. The minimum absolute atomic E-state index is 1.12. The van der Waals surface area contributed by atoms with Crippen molar-refractivity contribution in [2.75, 3.05) is 0 Å². The lowest BCUT2D eigenvalue weighted by Gasteiger charge is -2.11. The molecule has 0 saturated heterocycles. The molecule has 0 aliphatic heterocycles. The lowest BCUT2D eigenvalue weighted by Crippen LogP contribution is -1.95. The first-order valence-electron chi connectivity index (χ1n) is 5.05. The van der Waals surface area contributed by atoms with Gasteiger partial charge in [-0.3, -0.25) is 4.98 Å². The van der Waals surface area contributed by atoms with Gasteiger partial charge in [0.15, 0.2) is 0 Å². The number of benzene rings is 1. The third-order valence-electron chi connectivity index (χ3n) is 3.09. The van der Waals surface area contributed by atoms with Crippen molar-refractivity contribution in [3.8, 4) is 0 Å². The lowest BCUT2D eigenvalue weighted by molar-refractivity contribution is 1.16. The molecule has 0 saturated carbocycles. The van der Waals surface area contributed by atoms with Crippen LogP contribution in [-0.4, -0.2) is 4.98 Å². The summed E-state index contributed by atoms with van der Waals surface area (Å²) >= 11 is 3.60. The molecule has 0 aliphatic rings. The van der Waals surface area contributed by atoms with Crippen molar-refractivity contribution < 1.29 is 0 Å². The SMILES string of the molecule is Cc1nc2c(C)ccc(Br)c2c(C)c1C. The molecule has 1 aromatic heterocycles. The second kappa shape index (κ2) is 3.60. The van der Waals surface area contributed by atoms with Gasteiger partial charge in [-0.15, -0.1) is 0 Å². The van der Waals surface area contributed by atoms with Gasteiger partial charge in [0.1, 0.15) is 0 Å². The molecule has 0 spiro atoms. The number of hydrogen-bond donors (Lipinski definition) is 0. The highest BCUT2D eigenvalue weighted by Crippen LogP contribution is 2.30. The first-order chi connectivity index (χ1) is 7.02. The largest absolute Gasteiger partial charge is 0.253 e. The highest BCUT2D eigenvalue weighted by molar-refractivity contribution is 9.10. The molecule has 0 fully saturated rings. The Morgan fingerprint density at radius 3 is 2.33 bits per heavy atom. The molecule has 0 bridgehead atoms. The summed E-state index contributed by atoms with van der Waals surface area (Å²) in [6.45, 7) is 8.47. The number of aryl methyl sites for hydroxylation is 3. The van der Waals surface area contributed by atoms with Crippen molar-refractivity contribution >= 4 is 26.8 Å². The van der Waals surface area contributed by atoms with E-state index in [9.17, 15) is 0 Å². The maximum absolute atomic E-state index is 4.67. The van der Waals surface area contributed by atoms with Gasteiger partial charge in [-0.05, 0) is 50.5 Å². The number of fused-ring (bicyclic) bond motifs is 1. The summed E-state index contributed by atoms with van der Waals surface area (Å²) in [5.41, 5.74) is 6.09. The van der Waals surface area contributed by atoms with Crippen molar-refractivity contribution in [2.24, 2.45) is 0 Å². The van der Waals surface area contributed by atoms with Gasteiger partial charge >= 0.3 is 0 Å². The lowest BCUT2D eigenvalue weighted by atomic mass is 10.0. The number of hydrogen-bond acceptors (Lipinski definition) is 1. The molecular formula is C13H14BrN. The van der Waals surface area contributed by atoms with Crippen LogP contribution in [0.2, 0.25) is 0 Å². The van der Waals surface area contributed by atoms with Crippen molar-refractivity contribution in [3.63, 3.8) is 0 Å². The standard InChI is InChI=1S/C13H14BrN/c1-7-5-6-11(14)12-9(3)8(2)10(4)15-13(7)12/h5-6H,1-4H3. The summed E-state index contributed by atoms with van der Waals surface area (Å²) < 4.78 is 1.14. The van der Waals surface area contributed by atoms with Crippen LogP contribution in [0.4, 0.5) is 0 Å². The third kappa shape index (κ3) is 1.57. The first kappa shape index (κ1) is 10.6. The third-order valence-corrected chi connectivity index (χ3v) is 3.75. The fourth-order valence-corrected chi connectivity index (χ4v) is 2.50. The van der Waals surface area contributed by atoms with Gasteiger partial charge in [0.25, 0.3) is 0 Å². The summed E-state index contributed by atoms with van der Waals surface area (Å²) in [5, 5.41) is 1.25. The van der Waals surface area contributed by atoms with Gasteiger partial charge in [-0.25, -0.2) is 0 Å². The van der Waals surface area contributed by atoms with Crippen molar-refractivity contribution in [1.29, 1.82) is 0 Å². The Morgan fingerprint density at radius 2 is 1.67 bits per heavy atom. The molecule has 1 aromatic carbocycles. The molecule has 78 valence electrons. The Kier molecular flexibility index (Phi) is 2.55. The summed E-state index contributed by atoms with van der Waals surface area (Å²) in [7, 11) is 0. The van der Waals surface area contributed by atoms with Crippen LogP contribution >= 0.6 is 15.9 Å². The molecule has 15 heavy (non-hydrogen) atoms. The monoisotopic (exact) mass is 263 g/mol. The van der Waals surface area contributed by atoms with Gasteiger partial charge in [0.05, 0.1) is 5.52 Å². The van der Waals surface area contributed by atoms with Gasteiger partial charge in [0.2, 0.25) is 0 Å². The van der Waals surface area contributed by atoms with Gasteiger partial charge in [-0.2, -0.15) is 0 Å². The quantitative estimate of drug-likeness (QED) is 0.693. The second-order valence-electron chi connectivity index (χ2n) is 4.04. The molecule has 0 aliphatic carbocycles. The topological polar surface area (TPSA) is 12.9 Å². The fraction of sp³-hybridized carbons (Fsp3) is 0.308. The number of rotatable bonds is 0. The van der Waals surface area contributed by atoms with E-state index in [4.69, 9.17) is 0 Å². The molecule has 0 amide bonds. The van der Waals surface area contributed by atoms with Crippen molar-refractivity contribution in [3.05, 3.63) is 39.0 Å². The van der Waals surface area contributed by atoms with Crippen LogP contribution in [0.1, 0.15) is 22.4 Å². The van der Waals surface area contributed by atoms with Gasteiger partial charge < -0.3 is 0 Å². The van der Waals surface area contributed by atoms with E-state index in [2.05, 4.69) is 60.7 Å². The van der Waals surface area contributed by atoms with Gasteiger partial charge in [-0.1, -0.05) is 22.0 Å². The predicted molar refractivity (Wildman–Crippen MR) is 68.4 cm³/mol. The molecule has 0 radical (unpaired) electrons. The molecular weight excluding hydrogens is 250 g/mol. The van der Waals surface area contributed by atoms with Crippen LogP contribution in [0.15, 0.2) is 16.6 Å². The van der Waals surface area contributed by atoms with E-state index in [0.29, 0.717) is 0 Å². The van der Waals surface area contributed by atoms with Gasteiger partial charge in [0, 0.05) is 15.6 Å². The number of nitrogens with zero attached hydrogens (tertiary/aromatic N) is 1. The molecule has 0 unspecified atom stereocenters. The maximum Gasteiger partial charge on any atom is 0.0748 e. The fourth-order valence-electron chi connectivity index (χ4n) is 1.88.